The van der Waals surface area contributed by atoms with Crippen LogP contribution in [0, 0.1) is 13.8 Å². The molecule has 9 nitrogen and oxygen atoms in total. The predicted octanol–water partition coefficient (Wildman–Crippen LogP) is 0.359. The molecular weight excluding hydrogens is 362 g/mol. The van der Waals surface area contributed by atoms with Crippen LogP contribution in [-0.2, 0) is 24.3 Å². The van der Waals surface area contributed by atoms with E-state index in [1.54, 1.807) is 19.1 Å². The summed E-state index contributed by atoms with van der Waals surface area (Å²) < 4.78 is 31.7. The van der Waals surface area contributed by atoms with Gasteiger partial charge in [-0.3, -0.25) is 14.9 Å². The van der Waals surface area contributed by atoms with E-state index in [4.69, 9.17) is 4.74 Å². The number of nitrogens with one attached hydrogen (secondary N) is 3. The number of carbonyl (C=O) groups excluding carboxylic acids is 3. The topological polar surface area (TPSA) is 131 Å². The minimum Gasteiger partial charge on any atom is -0.452 e. The Morgan fingerprint density at radius 2 is 1.85 bits per heavy atom. The second-order valence-corrected chi connectivity index (χ2v) is 7.35. The maximum Gasteiger partial charge on any atom is 0.321 e. The third-order valence-corrected chi connectivity index (χ3v) is 5.00. The first-order chi connectivity index (χ1) is 12.1. The summed E-state index contributed by atoms with van der Waals surface area (Å²) in [6.07, 6.45) is -1.45. The number of imide groups is 1. The maximum atomic E-state index is 12.3. The lowest BCUT2D eigenvalue weighted by Gasteiger charge is -2.13. The maximum absolute atomic E-state index is 12.3. The second-order valence-electron chi connectivity index (χ2n) is 5.62. The predicted molar refractivity (Wildman–Crippen MR) is 93.9 cm³/mol. The van der Waals surface area contributed by atoms with Gasteiger partial charge >= 0.3 is 12.0 Å². The minimum atomic E-state index is -3.76. The fourth-order valence-corrected chi connectivity index (χ4v) is 3.31. The smallest absolute Gasteiger partial charge is 0.321 e. The fraction of sp³-hybridized carbons (Fsp3) is 0.438. The van der Waals surface area contributed by atoms with Crippen molar-refractivity contribution >= 4 is 27.9 Å². The summed E-state index contributed by atoms with van der Waals surface area (Å²) in [5.74, 6) is -1.55. The van der Waals surface area contributed by atoms with Crippen LogP contribution in [0.1, 0.15) is 24.5 Å². The molecule has 1 aromatic carbocycles. The highest BCUT2D eigenvalue weighted by Gasteiger charge is 2.21. The van der Waals surface area contributed by atoms with E-state index in [1.165, 1.54) is 20.0 Å². The monoisotopic (exact) mass is 385 g/mol. The number of rotatable bonds is 7. The molecule has 0 unspecified atom stereocenters. The van der Waals surface area contributed by atoms with Crippen LogP contribution in [0.25, 0.3) is 0 Å². The quantitative estimate of drug-likeness (QED) is 0.581. The van der Waals surface area contributed by atoms with Crippen LogP contribution >= 0.6 is 0 Å². The van der Waals surface area contributed by atoms with E-state index in [0.717, 1.165) is 5.56 Å². The number of esters is 1. The Hall–Kier alpha value is -2.46. The molecular formula is C16H23N3O6S. The van der Waals surface area contributed by atoms with Gasteiger partial charge in [-0.15, -0.1) is 0 Å². The summed E-state index contributed by atoms with van der Waals surface area (Å²) in [6.45, 7) is 4.66. The van der Waals surface area contributed by atoms with Crippen LogP contribution in [-0.4, -0.2) is 46.0 Å². The van der Waals surface area contributed by atoms with Crippen LogP contribution < -0.4 is 15.4 Å². The molecule has 1 rings (SSSR count). The van der Waals surface area contributed by atoms with E-state index in [1.807, 2.05) is 12.2 Å². The van der Waals surface area contributed by atoms with Gasteiger partial charge in [-0.25, -0.2) is 17.9 Å². The molecule has 0 saturated heterocycles. The molecule has 26 heavy (non-hydrogen) atoms. The lowest BCUT2D eigenvalue weighted by atomic mass is 10.2. The van der Waals surface area contributed by atoms with Gasteiger partial charge in [-0.1, -0.05) is 17.7 Å². The van der Waals surface area contributed by atoms with Crippen molar-refractivity contribution in [1.29, 1.82) is 0 Å². The summed E-state index contributed by atoms with van der Waals surface area (Å²) >= 11 is 0. The zero-order valence-corrected chi connectivity index (χ0v) is 15.9. The van der Waals surface area contributed by atoms with Crippen molar-refractivity contribution in [2.45, 2.75) is 38.2 Å². The van der Waals surface area contributed by atoms with Crippen molar-refractivity contribution < 1.29 is 27.5 Å². The van der Waals surface area contributed by atoms with Gasteiger partial charge in [0.15, 0.2) is 6.10 Å². The molecule has 0 aliphatic carbocycles. The third kappa shape index (κ3) is 6.45. The highest BCUT2D eigenvalue weighted by Crippen LogP contribution is 2.16. The molecule has 0 spiro atoms. The second kappa shape index (κ2) is 9.30. The number of amides is 3. The molecule has 1 aromatic rings. The zero-order chi connectivity index (χ0) is 19.9. The Labute approximate surface area is 152 Å². The molecule has 3 N–H and O–H groups in total. The summed E-state index contributed by atoms with van der Waals surface area (Å²) in [5.41, 5.74) is 1.54. The lowest BCUT2D eigenvalue weighted by Crippen LogP contribution is -2.43. The van der Waals surface area contributed by atoms with Gasteiger partial charge < -0.3 is 10.1 Å². The number of carbonyl (C=O) groups is 3. The normalized spacial score (nSPS) is 12.2. The molecule has 0 aliphatic heterocycles. The molecule has 0 bridgehead atoms. The van der Waals surface area contributed by atoms with Crippen molar-refractivity contribution in [1.82, 2.24) is 15.4 Å². The third-order valence-electron chi connectivity index (χ3n) is 3.38. The molecule has 1 atom stereocenters. The summed E-state index contributed by atoms with van der Waals surface area (Å²) in [5, 5.41) is 4.16. The molecule has 144 valence electrons. The standard InChI is InChI=1S/C16H23N3O6S/c1-10-5-6-13(11(2)9-10)26(23,24)18-8-7-14(20)25-12(3)15(21)19-16(22)17-4/h5-6,9,12,18H,7-8H2,1-4H3,(H2,17,19,21,22)/t12-/m1/s1. The van der Waals surface area contributed by atoms with Crippen LogP contribution in [0.15, 0.2) is 23.1 Å². The largest absolute Gasteiger partial charge is 0.452 e. The van der Waals surface area contributed by atoms with E-state index in [9.17, 15) is 22.8 Å². The van der Waals surface area contributed by atoms with E-state index < -0.39 is 34.0 Å². The number of hydrogen-bond donors (Lipinski definition) is 3. The number of ether oxygens (including phenoxy) is 1. The van der Waals surface area contributed by atoms with Gasteiger partial charge in [-0.2, -0.15) is 0 Å². The van der Waals surface area contributed by atoms with E-state index in [2.05, 4.69) is 10.0 Å². The number of hydrogen-bond acceptors (Lipinski definition) is 6. The van der Waals surface area contributed by atoms with Gasteiger partial charge in [0.25, 0.3) is 5.91 Å². The number of sulfonamides is 1. The van der Waals surface area contributed by atoms with Crippen LogP contribution in [0.2, 0.25) is 0 Å². The highest BCUT2D eigenvalue weighted by molar-refractivity contribution is 7.89. The average molecular weight is 385 g/mol. The fourth-order valence-electron chi connectivity index (χ4n) is 2.05. The molecule has 0 heterocycles. The highest BCUT2D eigenvalue weighted by atomic mass is 32.2. The van der Waals surface area contributed by atoms with E-state index in [-0.39, 0.29) is 17.9 Å². The minimum absolute atomic E-state index is 0.134. The Kier molecular flexibility index (Phi) is 7.72. The molecule has 0 aromatic heterocycles. The Balaban J connectivity index is 2.52. The Bertz CT molecular complexity index is 791. The van der Waals surface area contributed by atoms with Crippen LogP contribution in [0.4, 0.5) is 4.79 Å². The van der Waals surface area contributed by atoms with Crippen molar-refractivity contribution in [2.24, 2.45) is 0 Å². The van der Waals surface area contributed by atoms with Crippen LogP contribution in [0.3, 0.4) is 0 Å². The van der Waals surface area contributed by atoms with Gasteiger partial charge in [-0.05, 0) is 32.4 Å². The first-order valence-electron chi connectivity index (χ1n) is 7.85. The Morgan fingerprint density at radius 1 is 1.19 bits per heavy atom. The van der Waals surface area contributed by atoms with E-state index in [0.29, 0.717) is 5.56 Å². The first-order valence-corrected chi connectivity index (χ1v) is 9.34. The molecule has 0 aliphatic rings. The SMILES string of the molecule is CNC(=O)NC(=O)[C@@H](C)OC(=O)CCNS(=O)(=O)c1ccc(C)cc1C. The summed E-state index contributed by atoms with van der Waals surface area (Å²) in [7, 11) is -2.42. The van der Waals surface area contributed by atoms with Crippen molar-refractivity contribution in [2.75, 3.05) is 13.6 Å². The number of benzene rings is 1. The van der Waals surface area contributed by atoms with Gasteiger partial charge in [0.05, 0.1) is 11.3 Å². The van der Waals surface area contributed by atoms with Crippen molar-refractivity contribution in [3.05, 3.63) is 29.3 Å². The van der Waals surface area contributed by atoms with Crippen LogP contribution in [0.5, 0.6) is 0 Å². The molecule has 0 radical (unpaired) electrons. The average Bonchev–Trinajstić information content (AvgIpc) is 2.53. The van der Waals surface area contributed by atoms with Gasteiger partial charge in [0, 0.05) is 13.6 Å². The lowest BCUT2D eigenvalue weighted by molar-refractivity contribution is -0.154. The van der Waals surface area contributed by atoms with Gasteiger partial charge in [0.1, 0.15) is 0 Å². The van der Waals surface area contributed by atoms with E-state index >= 15 is 0 Å². The first kappa shape index (κ1) is 21.6. The molecule has 3 amide bonds. The number of urea groups is 1. The summed E-state index contributed by atoms with van der Waals surface area (Å²) in [6, 6.07) is 4.20. The zero-order valence-electron chi connectivity index (χ0n) is 15.1. The molecule has 0 saturated carbocycles. The molecule has 10 heteroatoms. The van der Waals surface area contributed by atoms with Gasteiger partial charge in [0.2, 0.25) is 10.0 Å². The van der Waals surface area contributed by atoms with Crippen molar-refractivity contribution in [3.8, 4) is 0 Å². The molecule has 0 fully saturated rings. The van der Waals surface area contributed by atoms with Crippen molar-refractivity contribution in [3.63, 3.8) is 0 Å². The number of aryl methyl sites for hydroxylation is 2. The summed E-state index contributed by atoms with van der Waals surface area (Å²) in [4.78, 5) is 34.4. The Morgan fingerprint density at radius 3 is 2.42 bits per heavy atom.